The molecule has 10 heteroatoms. The second-order valence-corrected chi connectivity index (χ2v) is 5.15. The summed E-state index contributed by atoms with van der Waals surface area (Å²) in [4.78, 5) is 4.03. The Balaban J connectivity index is 2.40. The van der Waals surface area contributed by atoms with E-state index in [1.165, 1.54) is 24.3 Å². The molecule has 130 valence electrons. The molecule has 0 spiro atoms. The molecular formula is C15H8F5N3OS. The van der Waals surface area contributed by atoms with Gasteiger partial charge in [-0.1, -0.05) is 17.8 Å². The van der Waals surface area contributed by atoms with E-state index < -0.39 is 34.8 Å². The summed E-state index contributed by atoms with van der Waals surface area (Å²) >= 11 is 1.12. The number of nitriles is 1. The minimum Gasteiger partial charge on any atom is -0.451 e. The number of hydrogen-bond donors (Lipinski definition) is 1. The molecule has 0 aromatic heterocycles. The van der Waals surface area contributed by atoms with Crippen LogP contribution in [-0.4, -0.2) is 11.4 Å². The molecule has 0 radical (unpaired) electrons. The Morgan fingerprint density at radius 1 is 1.08 bits per heavy atom. The van der Waals surface area contributed by atoms with Crippen molar-refractivity contribution in [2.45, 2.75) is 0 Å². The lowest BCUT2D eigenvalue weighted by Crippen LogP contribution is -2.12. The Labute approximate surface area is 142 Å². The van der Waals surface area contributed by atoms with E-state index >= 15 is 0 Å². The van der Waals surface area contributed by atoms with Crippen LogP contribution >= 0.6 is 11.8 Å². The summed E-state index contributed by atoms with van der Waals surface area (Å²) in [5.41, 5.74) is 0.230. The standard InChI is InChI=1S/C15H8F5N3OS/c1-25-15(22-6-21)23-7-3-2-4-8(5-7)24-14-12(19)10(17)9(16)11(18)13(14)20/h2-5H,1H3,(H,22,23). The number of thioether (sulfide) groups is 1. The highest BCUT2D eigenvalue weighted by Gasteiger charge is 2.27. The van der Waals surface area contributed by atoms with E-state index in [4.69, 9.17) is 10.00 Å². The third kappa shape index (κ3) is 4.00. The maximum absolute atomic E-state index is 13.6. The van der Waals surface area contributed by atoms with Gasteiger partial charge in [0.2, 0.25) is 34.8 Å². The van der Waals surface area contributed by atoms with Crippen LogP contribution in [0.3, 0.4) is 0 Å². The highest BCUT2D eigenvalue weighted by Crippen LogP contribution is 2.33. The smallest absolute Gasteiger partial charge is 0.207 e. The monoisotopic (exact) mass is 373 g/mol. The fourth-order valence-electron chi connectivity index (χ4n) is 1.70. The van der Waals surface area contributed by atoms with Crippen LogP contribution in [0.1, 0.15) is 0 Å². The summed E-state index contributed by atoms with van der Waals surface area (Å²) in [7, 11) is 0. The van der Waals surface area contributed by atoms with Gasteiger partial charge < -0.3 is 4.74 Å². The number of nitrogens with one attached hydrogen (secondary N) is 1. The van der Waals surface area contributed by atoms with Crippen LogP contribution < -0.4 is 10.1 Å². The number of aliphatic imine (C=N–C) groups is 1. The quantitative estimate of drug-likeness (QED) is 0.163. The molecule has 4 nitrogen and oxygen atoms in total. The van der Waals surface area contributed by atoms with E-state index in [1.807, 2.05) is 0 Å². The third-order valence-corrected chi connectivity index (χ3v) is 3.37. The number of amidine groups is 1. The molecule has 0 heterocycles. The van der Waals surface area contributed by atoms with Gasteiger partial charge in [-0.2, -0.15) is 14.0 Å². The lowest BCUT2D eigenvalue weighted by molar-refractivity contribution is 0.332. The van der Waals surface area contributed by atoms with E-state index in [0.717, 1.165) is 11.8 Å². The number of nitrogens with zero attached hydrogens (tertiary/aromatic N) is 2. The molecule has 0 aliphatic rings. The lowest BCUT2D eigenvalue weighted by Gasteiger charge is -2.10. The zero-order valence-electron chi connectivity index (χ0n) is 12.4. The van der Waals surface area contributed by atoms with Crippen LogP contribution in [0.15, 0.2) is 29.3 Å². The molecule has 0 amide bonds. The van der Waals surface area contributed by atoms with Gasteiger partial charge in [-0.3, -0.25) is 5.32 Å². The molecule has 0 unspecified atom stereocenters. The van der Waals surface area contributed by atoms with E-state index in [1.54, 1.807) is 12.4 Å². The van der Waals surface area contributed by atoms with Crippen molar-refractivity contribution in [3.05, 3.63) is 53.4 Å². The molecule has 0 atom stereocenters. The van der Waals surface area contributed by atoms with E-state index in [0.29, 0.717) is 0 Å². The first kappa shape index (κ1) is 18.5. The second-order valence-electron chi connectivity index (χ2n) is 4.36. The number of halogens is 5. The van der Waals surface area contributed by atoms with Crippen molar-refractivity contribution in [2.75, 3.05) is 6.26 Å². The lowest BCUT2D eigenvalue weighted by atomic mass is 10.2. The molecule has 0 bridgehead atoms. The summed E-state index contributed by atoms with van der Waals surface area (Å²) < 4.78 is 71.5. The van der Waals surface area contributed by atoms with Crippen molar-refractivity contribution in [3.8, 4) is 17.7 Å². The summed E-state index contributed by atoms with van der Waals surface area (Å²) in [5.74, 6) is -12.3. The molecule has 1 N–H and O–H groups in total. The second kappa shape index (κ2) is 7.85. The Hall–Kier alpha value is -2.80. The van der Waals surface area contributed by atoms with Gasteiger partial charge in [0.05, 0.1) is 5.69 Å². The SMILES string of the molecule is CSC(=Nc1cccc(Oc2c(F)c(F)c(F)c(F)c2F)c1)NC#N. The molecule has 0 fully saturated rings. The van der Waals surface area contributed by atoms with Gasteiger partial charge in [0, 0.05) is 6.07 Å². The van der Waals surface area contributed by atoms with E-state index in [-0.39, 0.29) is 16.6 Å². The molecule has 0 aliphatic carbocycles. The summed E-state index contributed by atoms with van der Waals surface area (Å²) in [6.45, 7) is 0. The van der Waals surface area contributed by atoms with Crippen molar-refractivity contribution < 1.29 is 26.7 Å². The maximum Gasteiger partial charge on any atom is 0.207 e. The Bertz CT molecular complexity index is 853. The van der Waals surface area contributed by atoms with Crippen LogP contribution in [0.5, 0.6) is 11.5 Å². The molecule has 0 aliphatic heterocycles. The van der Waals surface area contributed by atoms with E-state index in [9.17, 15) is 22.0 Å². The first-order valence-corrected chi connectivity index (χ1v) is 7.68. The highest BCUT2D eigenvalue weighted by molar-refractivity contribution is 8.13. The predicted octanol–water partition coefficient (Wildman–Crippen LogP) is 4.60. The minimum absolute atomic E-state index is 0.207. The van der Waals surface area contributed by atoms with Crippen LogP contribution in [-0.2, 0) is 0 Å². The first-order chi connectivity index (χ1) is 11.9. The zero-order valence-corrected chi connectivity index (χ0v) is 13.2. The van der Waals surface area contributed by atoms with E-state index in [2.05, 4.69) is 10.3 Å². The van der Waals surface area contributed by atoms with Crippen molar-refractivity contribution >= 4 is 22.6 Å². The van der Waals surface area contributed by atoms with Gasteiger partial charge in [0.15, 0.2) is 11.4 Å². The van der Waals surface area contributed by atoms with Crippen LogP contribution in [0, 0.1) is 40.5 Å². The Morgan fingerprint density at radius 2 is 1.68 bits per heavy atom. The van der Waals surface area contributed by atoms with Crippen LogP contribution in [0.4, 0.5) is 27.6 Å². The third-order valence-electron chi connectivity index (χ3n) is 2.79. The predicted molar refractivity (Wildman–Crippen MR) is 82.1 cm³/mol. The van der Waals surface area contributed by atoms with Gasteiger partial charge in [-0.25, -0.2) is 18.2 Å². The first-order valence-electron chi connectivity index (χ1n) is 6.46. The van der Waals surface area contributed by atoms with Gasteiger partial charge in [-0.05, 0) is 18.4 Å². The summed E-state index contributed by atoms with van der Waals surface area (Å²) in [6.07, 6.45) is 3.33. The largest absolute Gasteiger partial charge is 0.451 e. The van der Waals surface area contributed by atoms with Gasteiger partial charge in [-0.15, -0.1) is 0 Å². The van der Waals surface area contributed by atoms with Crippen LogP contribution in [0.25, 0.3) is 0 Å². The number of rotatable bonds is 3. The molecule has 2 aromatic rings. The van der Waals surface area contributed by atoms with Crippen molar-refractivity contribution in [2.24, 2.45) is 4.99 Å². The number of ether oxygens (including phenoxy) is 1. The highest BCUT2D eigenvalue weighted by atomic mass is 32.2. The Morgan fingerprint density at radius 3 is 2.24 bits per heavy atom. The van der Waals surface area contributed by atoms with Gasteiger partial charge in [0.1, 0.15) is 5.75 Å². The molecule has 0 saturated carbocycles. The van der Waals surface area contributed by atoms with Crippen molar-refractivity contribution in [1.29, 1.82) is 5.26 Å². The summed E-state index contributed by atoms with van der Waals surface area (Å²) in [5, 5.41) is 11.1. The molecule has 2 rings (SSSR count). The fraction of sp³-hybridized carbons (Fsp3) is 0.0667. The Kier molecular flexibility index (Phi) is 5.82. The zero-order chi connectivity index (χ0) is 18.6. The average molecular weight is 373 g/mol. The normalized spacial score (nSPS) is 11.2. The number of benzene rings is 2. The molecule has 2 aromatic carbocycles. The maximum atomic E-state index is 13.6. The van der Waals surface area contributed by atoms with Crippen molar-refractivity contribution in [1.82, 2.24) is 5.32 Å². The van der Waals surface area contributed by atoms with Crippen LogP contribution in [0.2, 0.25) is 0 Å². The fourth-order valence-corrected chi connectivity index (χ4v) is 2.04. The average Bonchev–Trinajstić information content (AvgIpc) is 2.62. The topological polar surface area (TPSA) is 57.4 Å². The van der Waals surface area contributed by atoms with Crippen molar-refractivity contribution in [3.63, 3.8) is 0 Å². The molecule has 25 heavy (non-hydrogen) atoms. The minimum atomic E-state index is -2.27. The summed E-state index contributed by atoms with van der Waals surface area (Å²) in [6, 6.07) is 5.33. The molecule has 0 saturated heterocycles. The molecular weight excluding hydrogens is 365 g/mol. The number of hydrogen-bond acceptors (Lipinski definition) is 4. The van der Waals surface area contributed by atoms with Gasteiger partial charge >= 0.3 is 0 Å². The van der Waals surface area contributed by atoms with Gasteiger partial charge in [0.25, 0.3) is 0 Å².